The number of methoxy groups -OCH3 is 3. The fourth-order valence-electron chi connectivity index (χ4n) is 4.80. The highest BCUT2D eigenvalue weighted by molar-refractivity contribution is 5.92. The van der Waals surface area contributed by atoms with Crippen LogP contribution in [-0.2, 0) is 4.79 Å². The van der Waals surface area contributed by atoms with Crippen molar-refractivity contribution in [2.75, 3.05) is 59.0 Å². The Bertz CT molecular complexity index is 1000. The van der Waals surface area contributed by atoms with Gasteiger partial charge in [-0.05, 0) is 54.5 Å². The first-order chi connectivity index (χ1) is 19.1. The number of amides is 1. The van der Waals surface area contributed by atoms with Gasteiger partial charge in [0.25, 0.3) is 0 Å². The number of benzene rings is 2. The Morgan fingerprint density at radius 2 is 1.38 bits per heavy atom. The van der Waals surface area contributed by atoms with Crippen LogP contribution in [0.25, 0.3) is 6.08 Å². The first kappa shape index (κ1) is 30.2. The van der Waals surface area contributed by atoms with E-state index in [0.717, 1.165) is 42.9 Å². The van der Waals surface area contributed by atoms with E-state index in [1.165, 1.54) is 38.5 Å². The number of carbonyl (C=O) groups is 1. The molecular formula is C32H46N2O5. The normalized spacial score (nSPS) is 13.5. The maximum absolute atomic E-state index is 12.9. The van der Waals surface area contributed by atoms with Gasteiger partial charge in [0.1, 0.15) is 5.75 Å². The quantitative estimate of drug-likeness (QED) is 0.177. The summed E-state index contributed by atoms with van der Waals surface area (Å²) in [7, 11) is 4.91. The van der Waals surface area contributed by atoms with Crippen LogP contribution in [0.2, 0.25) is 0 Å². The van der Waals surface area contributed by atoms with E-state index in [1.54, 1.807) is 27.4 Å². The third kappa shape index (κ3) is 9.41. The van der Waals surface area contributed by atoms with E-state index in [4.69, 9.17) is 18.9 Å². The summed E-state index contributed by atoms with van der Waals surface area (Å²) >= 11 is 0. The smallest absolute Gasteiger partial charge is 0.246 e. The minimum Gasteiger partial charge on any atom is -0.497 e. The molecule has 1 saturated heterocycles. The van der Waals surface area contributed by atoms with Crippen LogP contribution in [0.4, 0.5) is 5.69 Å². The molecule has 2 aromatic carbocycles. The predicted octanol–water partition coefficient (Wildman–Crippen LogP) is 6.59. The molecule has 0 unspecified atom stereocenters. The van der Waals surface area contributed by atoms with Gasteiger partial charge in [0.05, 0.1) is 27.9 Å². The van der Waals surface area contributed by atoms with Crippen molar-refractivity contribution in [3.05, 3.63) is 48.0 Å². The van der Waals surface area contributed by atoms with E-state index in [1.807, 2.05) is 35.2 Å². The summed E-state index contributed by atoms with van der Waals surface area (Å²) in [6, 6.07) is 11.8. The van der Waals surface area contributed by atoms with Crippen molar-refractivity contribution in [3.63, 3.8) is 0 Å². The molecule has 0 aliphatic carbocycles. The number of piperazine rings is 1. The lowest BCUT2D eigenvalue weighted by atomic mass is 10.1. The molecule has 2 aromatic rings. The minimum absolute atomic E-state index is 0.00247. The molecule has 1 amide bonds. The number of hydrogen-bond donors (Lipinski definition) is 0. The van der Waals surface area contributed by atoms with Gasteiger partial charge in [0.15, 0.2) is 11.5 Å². The summed E-state index contributed by atoms with van der Waals surface area (Å²) in [5.41, 5.74) is 1.97. The molecule has 0 N–H and O–H groups in total. The van der Waals surface area contributed by atoms with Crippen molar-refractivity contribution >= 4 is 17.7 Å². The predicted molar refractivity (Wildman–Crippen MR) is 158 cm³/mol. The van der Waals surface area contributed by atoms with Gasteiger partial charge in [-0.25, -0.2) is 0 Å². The number of unbranched alkanes of at least 4 members (excludes halogenated alkanes) is 7. The molecule has 214 valence electrons. The largest absolute Gasteiger partial charge is 0.497 e. The molecule has 1 fully saturated rings. The van der Waals surface area contributed by atoms with E-state index in [0.29, 0.717) is 36.9 Å². The van der Waals surface area contributed by atoms with Gasteiger partial charge in [-0.3, -0.25) is 4.79 Å². The van der Waals surface area contributed by atoms with Crippen molar-refractivity contribution < 1.29 is 23.7 Å². The molecule has 1 aliphatic heterocycles. The van der Waals surface area contributed by atoms with Gasteiger partial charge in [0, 0.05) is 37.9 Å². The average molecular weight is 539 g/mol. The Morgan fingerprint density at radius 1 is 0.795 bits per heavy atom. The third-order valence-electron chi connectivity index (χ3n) is 7.17. The third-order valence-corrected chi connectivity index (χ3v) is 7.17. The molecule has 0 bridgehead atoms. The fourth-order valence-corrected chi connectivity index (χ4v) is 4.80. The van der Waals surface area contributed by atoms with Crippen molar-refractivity contribution in [3.8, 4) is 23.0 Å². The van der Waals surface area contributed by atoms with E-state index in [-0.39, 0.29) is 5.91 Å². The van der Waals surface area contributed by atoms with Crippen LogP contribution in [0.3, 0.4) is 0 Å². The molecule has 7 nitrogen and oxygen atoms in total. The topological polar surface area (TPSA) is 60.5 Å². The second kappa shape index (κ2) is 16.6. The number of rotatable bonds is 16. The van der Waals surface area contributed by atoms with Crippen LogP contribution >= 0.6 is 0 Å². The highest BCUT2D eigenvalue weighted by atomic mass is 16.5. The molecule has 3 rings (SSSR count). The second-order valence-electron chi connectivity index (χ2n) is 9.92. The number of carbonyl (C=O) groups excluding carboxylic acids is 1. The van der Waals surface area contributed by atoms with Gasteiger partial charge in [-0.2, -0.15) is 0 Å². The average Bonchev–Trinajstić information content (AvgIpc) is 2.99. The molecular weight excluding hydrogens is 492 g/mol. The number of hydrogen-bond acceptors (Lipinski definition) is 6. The summed E-state index contributed by atoms with van der Waals surface area (Å²) in [6.07, 6.45) is 13.4. The molecule has 0 spiro atoms. The Labute approximate surface area is 234 Å². The van der Waals surface area contributed by atoms with E-state index in [9.17, 15) is 4.79 Å². The first-order valence-corrected chi connectivity index (χ1v) is 14.3. The molecule has 0 radical (unpaired) electrons. The summed E-state index contributed by atoms with van der Waals surface area (Å²) in [5.74, 6) is 2.66. The lowest BCUT2D eigenvalue weighted by molar-refractivity contribution is -0.126. The van der Waals surface area contributed by atoms with Gasteiger partial charge in [-0.1, -0.05) is 51.9 Å². The van der Waals surface area contributed by atoms with Crippen molar-refractivity contribution in [1.82, 2.24) is 4.90 Å². The molecule has 39 heavy (non-hydrogen) atoms. The molecule has 0 aromatic heterocycles. The standard InChI is InChI=1S/C32H46N2O5/c1-5-6-7-8-9-10-11-12-23-39-32-29(37-3)24-26(25-30(32)38-4)13-18-31(35)34-21-19-33(20-22-34)27-14-16-28(36-2)17-15-27/h13-18,24-25H,5-12,19-23H2,1-4H3/b18-13+. The second-order valence-corrected chi connectivity index (χ2v) is 9.92. The van der Waals surface area contributed by atoms with Crippen LogP contribution in [-0.4, -0.2) is 64.9 Å². The van der Waals surface area contributed by atoms with Gasteiger partial charge in [-0.15, -0.1) is 0 Å². The van der Waals surface area contributed by atoms with Gasteiger partial charge >= 0.3 is 0 Å². The van der Waals surface area contributed by atoms with Gasteiger partial charge in [0.2, 0.25) is 11.7 Å². The number of anilines is 1. The zero-order chi connectivity index (χ0) is 27.9. The van der Waals surface area contributed by atoms with Crippen LogP contribution in [0, 0.1) is 0 Å². The van der Waals surface area contributed by atoms with E-state index >= 15 is 0 Å². The summed E-state index contributed by atoms with van der Waals surface area (Å²) in [6.45, 7) is 5.80. The maximum atomic E-state index is 12.9. The highest BCUT2D eigenvalue weighted by Gasteiger charge is 2.20. The van der Waals surface area contributed by atoms with Crippen LogP contribution in [0.1, 0.15) is 63.9 Å². The lowest BCUT2D eigenvalue weighted by Crippen LogP contribution is -2.48. The number of nitrogens with zero attached hydrogens (tertiary/aromatic N) is 2. The summed E-state index contributed by atoms with van der Waals surface area (Å²) < 4.78 is 22.5. The van der Waals surface area contributed by atoms with Crippen LogP contribution in [0.5, 0.6) is 23.0 Å². The number of ether oxygens (including phenoxy) is 4. The van der Waals surface area contributed by atoms with Gasteiger partial charge < -0.3 is 28.7 Å². The maximum Gasteiger partial charge on any atom is 0.246 e. The minimum atomic E-state index is -0.00247. The van der Waals surface area contributed by atoms with Crippen molar-refractivity contribution in [2.24, 2.45) is 0 Å². The monoisotopic (exact) mass is 538 g/mol. The zero-order valence-corrected chi connectivity index (χ0v) is 24.2. The molecule has 0 saturated carbocycles. The molecule has 0 atom stereocenters. The van der Waals surface area contributed by atoms with Crippen molar-refractivity contribution in [1.29, 1.82) is 0 Å². The molecule has 1 heterocycles. The van der Waals surface area contributed by atoms with E-state index in [2.05, 4.69) is 24.0 Å². The molecule has 7 heteroatoms. The van der Waals surface area contributed by atoms with E-state index < -0.39 is 0 Å². The summed E-state index contributed by atoms with van der Waals surface area (Å²) in [5, 5.41) is 0. The highest BCUT2D eigenvalue weighted by Crippen LogP contribution is 2.39. The Balaban J connectivity index is 1.50. The fraction of sp³-hybridized carbons (Fsp3) is 0.531. The Hall–Kier alpha value is -3.35. The first-order valence-electron chi connectivity index (χ1n) is 14.3. The SMILES string of the molecule is CCCCCCCCCCOc1c(OC)cc(/C=C/C(=O)N2CCN(c3ccc(OC)cc3)CC2)cc1OC. The van der Waals surface area contributed by atoms with Crippen LogP contribution in [0.15, 0.2) is 42.5 Å². The Kier molecular flexibility index (Phi) is 12.8. The zero-order valence-electron chi connectivity index (χ0n) is 24.2. The van der Waals surface area contributed by atoms with Crippen molar-refractivity contribution in [2.45, 2.75) is 58.3 Å². The molecule has 1 aliphatic rings. The summed E-state index contributed by atoms with van der Waals surface area (Å²) in [4.78, 5) is 17.1. The van der Waals surface area contributed by atoms with Crippen LogP contribution < -0.4 is 23.8 Å². The Morgan fingerprint density at radius 3 is 1.95 bits per heavy atom. The lowest BCUT2D eigenvalue weighted by Gasteiger charge is -2.35.